The van der Waals surface area contributed by atoms with Gasteiger partial charge in [0.25, 0.3) is 0 Å². The van der Waals surface area contributed by atoms with Gasteiger partial charge in [-0.1, -0.05) is 34.1 Å². The molecule has 0 heterocycles. The Morgan fingerprint density at radius 1 is 1.15 bits per heavy atom. The molecule has 0 aliphatic carbocycles. The van der Waals surface area contributed by atoms with Crippen LogP contribution in [0.15, 0.2) is 0 Å². The molecule has 0 aromatic heterocycles. The first-order chi connectivity index (χ1) is 6.07. The molecule has 0 aliphatic heterocycles. The molecule has 1 nitrogen and oxygen atoms in total. The van der Waals surface area contributed by atoms with Crippen molar-refractivity contribution in [2.75, 3.05) is 11.5 Å². The number of hydrogen-bond acceptors (Lipinski definition) is 2. The van der Waals surface area contributed by atoms with E-state index in [1.807, 2.05) is 11.8 Å². The molecule has 0 bridgehead atoms. The molecule has 0 amide bonds. The average molecular weight is 203 g/mol. The summed E-state index contributed by atoms with van der Waals surface area (Å²) in [5, 5.41) is 0. The molecule has 0 radical (unpaired) electrons. The SMILES string of the molecule is CCCC(C)C(N)CSCC(C)C. The van der Waals surface area contributed by atoms with Gasteiger partial charge in [0.05, 0.1) is 0 Å². The lowest BCUT2D eigenvalue weighted by Gasteiger charge is -2.19. The topological polar surface area (TPSA) is 26.0 Å². The van der Waals surface area contributed by atoms with E-state index < -0.39 is 0 Å². The van der Waals surface area contributed by atoms with E-state index in [1.165, 1.54) is 18.6 Å². The smallest absolute Gasteiger partial charge is 0.0156 e. The van der Waals surface area contributed by atoms with Crippen molar-refractivity contribution >= 4 is 11.8 Å². The first-order valence-corrected chi connectivity index (χ1v) is 6.56. The van der Waals surface area contributed by atoms with E-state index in [1.54, 1.807) is 0 Å². The van der Waals surface area contributed by atoms with Crippen molar-refractivity contribution < 1.29 is 0 Å². The number of rotatable bonds is 7. The summed E-state index contributed by atoms with van der Waals surface area (Å²) in [7, 11) is 0. The van der Waals surface area contributed by atoms with E-state index in [0.717, 1.165) is 11.7 Å². The van der Waals surface area contributed by atoms with Crippen LogP contribution < -0.4 is 5.73 Å². The predicted molar refractivity (Wildman–Crippen MR) is 64.2 cm³/mol. The van der Waals surface area contributed by atoms with Gasteiger partial charge in [0.15, 0.2) is 0 Å². The zero-order valence-corrected chi connectivity index (χ0v) is 10.4. The molecule has 0 aliphatic rings. The van der Waals surface area contributed by atoms with Crippen molar-refractivity contribution in [1.82, 2.24) is 0 Å². The summed E-state index contributed by atoms with van der Waals surface area (Å²) in [4.78, 5) is 0. The van der Waals surface area contributed by atoms with Crippen molar-refractivity contribution in [3.8, 4) is 0 Å². The first kappa shape index (κ1) is 13.3. The van der Waals surface area contributed by atoms with Crippen molar-refractivity contribution in [3.05, 3.63) is 0 Å². The van der Waals surface area contributed by atoms with Gasteiger partial charge in [-0.15, -0.1) is 0 Å². The summed E-state index contributed by atoms with van der Waals surface area (Å²) in [5.41, 5.74) is 6.07. The van der Waals surface area contributed by atoms with Crippen molar-refractivity contribution in [3.63, 3.8) is 0 Å². The van der Waals surface area contributed by atoms with Crippen LogP contribution in [0.25, 0.3) is 0 Å². The third-order valence-corrected chi connectivity index (χ3v) is 3.76. The molecule has 0 spiro atoms. The summed E-state index contributed by atoms with van der Waals surface area (Å²) < 4.78 is 0. The van der Waals surface area contributed by atoms with E-state index in [9.17, 15) is 0 Å². The van der Waals surface area contributed by atoms with Gasteiger partial charge in [0.1, 0.15) is 0 Å². The second kappa shape index (κ2) is 7.69. The molecule has 2 unspecified atom stereocenters. The van der Waals surface area contributed by atoms with Crippen LogP contribution >= 0.6 is 11.8 Å². The summed E-state index contributed by atoms with van der Waals surface area (Å²) in [6.07, 6.45) is 2.52. The Bertz CT molecular complexity index is 115. The van der Waals surface area contributed by atoms with E-state index in [-0.39, 0.29) is 0 Å². The molecule has 0 saturated carbocycles. The minimum absolute atomic E-state index is 0.392. The molecule has 2 heteroatoms. The first-order valence-electron chi connectivity index (χ1n) is 5.41. The van der Waals surface area contributed by atoms with Gasteiger partial charge in [-0.2, -0.15) is 11.8 Å². The normalized spacial score (nSPS) is 16.2. The second-order valence-corrected chi connectivity index (χ2v) is 5.44. The molecule has 0 rings (SSSR count). The number of nitrogens with two attached hydrogens (primary N) is 1. The summed E-state index contributed by atoms with van der Waals surface area (Å²) >= 11 is 2.00. The van der Waals surface area contributed by atoms with Crippen molar-refractivity contribution in [1.29, 1.82) is 0 Å². The summed E-state index contributed by atoms with van der Waals surface area (Å²) in [6, 6.07) is 0.392. The summed E-state index contributed by atoms with van der Waals surface area (Å²) in [5.74, 6) is 3.84. The monoisotopic (exact) mass is 203 g/mol. The van der Waals surface area contributed by atoms with Crippen LogP contribution in [-0.2, 0) is 0 Å². The Hall–Kier alpha value is 0.310. The lowest BCUT2D eigenvalue weighted by atomic mass is 9.99. The Morgan fingerprint density at radius 2 is 1.77 bits per heavy atom. The standard InChI is InChI=1S/C11H25NS/c1-5-6-10(4)11(12)8-13-7-9(2)3/h9-11H,5-8,12H2,1-4H3. The van der Waals surface area contributed by atoms with Crippen molar-refractivity contribution in [2.24, 2.45) is 17.6 Å². The van der Waals surface area contributed by atoms with E-state index in [4.69, 9.17) is 5.73 Å². The fourth-order valence-electron chi connectivity index (χ4n) is 1.27. The van der Waals surface area contributed by atoms with Crippen LogP contribution in [0.2, 0.25) is 0 Å². The third-order valence-electron chi connectivity index (χ3n) is 2.24. The fourth-order valence-corrected chi connectivity index (χ4v) is 2.48. The number of hydrogen-bond donors (Lipinski definition) is 1. The van der Waals surface area contributed by atoms with Gasteiger partial charge in [0, 0.05) is 11.8 Å². The highest BCUT2D eigenvalue weighted by atomic mass is 32.2. The molecule has 80 valence electrons. The highest BCUT2D eigenvalue weighted by molar-refractivity contribution is 7.99. The minimum atomic E-state index is 0.392. The van der Waals surface area contributed by atoms with Crippen LogP contribution in [0.5, 0.6) is 0 Å². The number of thioether (sulfide) groups is 1. The Labute approximate surface area is 87.9 Å². The van der Waals surface area contributed by atoms with Crippen LogP contribution in [0.3, 0.4) is 0 Å². The van der Waals surface area contributed by atoms with E-state index in [0.29, 0.717) is 12.0 Å². The maximum Gasteiger partial charge on any atom is 0.0156 e. The van der Waals surface area contributed by atoms with Crippen LogP contribution in [0.4, 0.5) is 0 Å². The zero-order valence-electron chi connectivity index (χ0n) is 9.55. The highest BCUT2D eigenvalue weighted by Crippen LogP contribution is 2.15. The van der Waals surface area contributed by atoms with Gasteiger partial charge in [0.2, 0.25) is 0 Å². The molecular formula is C11H25NS. The largest absolute Gasteiger partial charge is 0.327 e. The quantitative estimate of drug-likeness (QED) is 0.688. The van der Waals surface area contributed by atoms with Gasteiger partial charge < -0.3 is 5.73 Å². The molecule has 0 aromatic carbocycles. The fraction of sp³-hybridized carbons (Fsp3) is 1.00. The molecule has 0 fully saturated rings. The predicted octanol–water partition coefficient (Wildman–Crippen LogP) is 3.14. The van der Waals surface area contributed by atoms with Gasteiger partial charge in [-0.25, -0.2) is 0 Å². The van der Waals surface area contributed by atoms with Crippen LogP contribution in [0.1, 0.15) is 40.5 Å². The van der Waals surface area contributed by atoms with Gasteiger partial charge in [-0.3, -0.25) is 0 Å². The second-order valence-electron chi connectivity index (χ2n) is 4.36. The Balaban J connectivity index is 3.43. The Kier molecular flexibility index (Phi) is 7.87. The maximum atomic E-state index is 6.07. The van der Waals surface area contributed by atoms with Gasteiger partial charge >= 0.3 is 0 Å². The molecule has 0 saturated heterocycles. The summed E-state index contributed by atoms with van der Waals surface area (Å²) in [6.45, 7) is 9.01. The minimum Gasteiger partial charge on any atom is -0.327 e. The van der Waals surface area contributed by atoms with E-state index in [2.05, 4.69) is 27.7 Å². The Morgan fingerprint density at radius 3 is 2.23 bits per heavy atom. The molecule has 2 atom stereocenters. The van der Waals surface area contributed by atoms with Crippen LogP contribution in [-0.4, -0.2) is 17.5 Å². The lowest BCUT2D eigenvalue weighted by Crippen LogP contribution is -2.30. The highest BCUT2D eigenvalue weighted by Gasteiger charge is 2.11. The third kappa shape index (κ3) is 7.39. The molecule has 2 N–H and O–H groups in total. The van der Waals surface area contributed by atoms with Gasteiger partial charge in [-0.05, 0) is 24.0 Å². The van der Waals surface area contributed by atoms with Crippen molar-refractivity contribution in [2.45, 2.75) is 46.6 Å². The maximum absolute atomic E-state index is 6.07. The molecular weight excluding hydrogens is 178 g/mol. The van der Waals surface area contributed by atoms with E-state index >= 15 is 0 Å². The lowest BCUT2D eigenvalue weighted by molar-refractivity contribution is 0.450. The zero-order chi connectivity index (χ0) is 10.3. The molecule has 13 heavy (non-hydrogen) atoms. The average Bonchev–Trinajstić information content (AvgIpc) is 2.04. The molecule has 0 aromatic rings. The van der Waals surface area contributed by atoms with Crippen LogP contribution in [0, 0.1) is 11.8 Å².